The van der Waals surface area contributed by atoms with Gasteiger partial charge in [0.2, 0.25) is 5.91 Å². The molecule has 1 aromatic rings. The van der Waals surface area contributed by atoms with Crippen molar-refractivity contribution >= 4 is 40.5 Å². The highest BCUT2D eigenvalue weighted by Gasteiger charge is 2.24. The number of rotatable bonds is 2. The first-order chi connectivity index (χ1) is 9.47. The van der Waals surface area contributed by atoms with E-state index < -0.39 is 5.82 Å². The Morgan fingerprint density at radius 3 is 2.65 bits per heavy atom. The van der Waals surface area contributed by atoms with Crippen molar-refractivity contribution in [1.82, 2.24) is 4.90 Å². The fourth-order valence-corrected chi connectivity index (χ4v) is 2.62. The lowest BCUT2D eigenvalue weighted by Crippen LogP contribution is -2.43. The van der Waals surface area contributed by atoms with Crippen LogP contribution in [-0.4, -0.2) is 29.0 Å². The summed E-state index contributed by atoms with van der Waals surface area (Å²) < 4.78 is 13.1. The van der Waals surface area contributed by atoms with E-state index in [1.807, 2.05) is 4.90 Å². The number of hydrogen-bond donors (Lipinski definition) is 2. The van der Waals surface area contributed by atoms with Gasteiger partial charge in [-0.25, -0.2) is 4.39 Å². The number of nitrogens with one attached hydrogen (secondary N) is 1. The van der Waals surface area contributed by atoms with E-state index in [0.29, 0.717) is 36.7 Å². The molecule has 20 heavy (non-hydrogen) atoms. The van der Waals surface area contributed by atoms with Gasteiger partial charge in [0, 0.05) is 24.7 Å². The summed E-state index contributed by atoms with van der Waals surface area (Å²) in [6, 6.07) is 4.34. The average Bonchev–Trinajstić information content (AvgIpc) is 2.43. The Hall–Kier alpha value is -1.40. The van der Waals surface area contributed by atoms with Gasteiger partial charge in [0.25, 0.3) is 0 Å². The number of piperidine rings is 1. The minimum atomic E-state index is -0.467. The number of nitrogens with zero attached hydrogens (tertiary/aromatic N) is 1. The zero-order valence-corrected chi connectivity index (χ0v) is 12.3. The Kier molecular flexibility index (Phi) is 4.77. The van der Waals surface area contributed by atoms with E-state index in [4.69, 9.17) is 29.6 Å². The third-order valence-electron chi connectivity index (χ3n) is 3.36. The van der Waals surface area contributed by atoms with Crippen LogP contribution in [0.1, 0.15) is 12.8 Å². The van der Waals surface area contributed by atoms with Gasteiger partial charge in [-0.3, -0.25) is 4.79 Å². The number of thiocarbonyl (C=S) groups is 1. The first-order valence-electron chi connectivity index (χ1n) is 6.27. The highest BCUT2D eigenvalue weighted by Crippen LogP contribution is 2.21. The van der Waals surface area contributed by atoms with E-state index in [1.54, 1.807) is 6.07 Å². The van der Waals surface area contributed by atoms with E-state index in [0.717, 1.165) is 0 Å². The molecule has 1 fully saturated rings. The van der Waals surface area contributed by atoms with Gasteiger partial charge >= 0.3 is 0 Å². The molecule has 1 heterocycles. The smallest absolute Gasteiger partial charge is 0.220 e. The van der Waals surface area contributed by atoms with Gasteiger partial charge in [-0.15, -0.1) is 0 Å². The van der Waals surface area contributed by atoms with Crippen molar-refractivity contribution in [2.24, 2.45) is 11.7 Å². The number of amides is 1. The molecular weight excluding hydrogens is 301 g/mol. The molecule has 0 saturated carbocycles. The molecule has 0 aliphatic carbocycles. The van der Waals surface area contributed by atoms with E-state index in [9.17, 15) is 9.18 Å². The van der Waals surface area contributed by atoms with Crippen molar-refractivity contribution in [3.63, 3.8) is 0 Å². The van der Waals surface area contributed by atoms with Crippen molar-refractivity contribution in [3.8, 4) is 0 Å². The highest BCUT2D eigenvalue weighted by atomic mass is 35.5. The highest BCUT2D eigenvalue weighted by molar-refractivity contribution is 7.80. The molecule has 0 atom stereocenters. The molecular formula is C13H15ClFN3OS. The molecule has 1 saturated heterocycles. The first kappa shape index (κ1) is 15.0. The van der Waals surface area contributed by atoms with Crippen molar-refractivity contribution in [2.45, 2.75) is 12.8 Å². The predicted molar refractivity (Wildman–Crippen MR) is 81.1 cm³/mol. The molecule has 108 valence electrons. The number of benzene rings is 1. The Balaban J connectivity index is 1.92. The molecule has 0 aromatic heterocycles. The Bertz CT molecular complexity index is 532. The summed E-state index contributed by atoms with van der Waals surface area (Å²) >= 11 is 11.0. The summed E-state index contributed by atoms with van der Waals surface area (Å²) in [5, 5.41) is 3.60. The molecule has 0 bridgehead atoms. The third-order valence-corrected chi connectivity index (χ3v) is 4.01. The van der Waals surface area contributed by atoms with Crippen molar-refractivity contribution in [2.75, 3.05) is 18.4 Å². The van der Waals surface area contributed by atoms with E-state index in [1.165, 1.54) is 12.1 Å². The Labute approximate surface area is 127 Å². The number of nitrogens with two attached hydrogens (primary N) is 1. The summed E-state index contributed by atoms with van der Waals surface area (Å²) in [6.07, 6.45) is 1.39. The maximum absolute atomic E-state index is 13.1. The van der Waals surface area contributed by atoms with Gasteiger partial charge in [0.1, 0.15) is 5.82 Å². The predicted octanol–water partition coefficient (Wildman–Crippen LogP) is 2.37. The van der Waals surface area contributed by atoms with Crippen LogP contribution in [0.2, 0.25) is 5.02 Å². The van der Waals surface area contributed by atoms with Crippen LogP contribution in [0, 0.1) is 11.7 Å². The Morgan fingerprint density at radius 1 is 1.45 bits per heavy atom. The van der Waals surface area contributed by atoms with Gasteiger partial charge < -0.3 is 16.0 Å². The molecule has 3 N–H and O–H groups in total. The molecule has 1 aliphatic rings. The van der Waals surface area contributed by atoms with Gasteiger partial charge in [0.05, 0.1) is 5.02 Å². The summed E-state index contributed by atoms with van der Waals surface area (Å²) in [4.78, 5) is 13.1. The number of hydrogen-bond acceptors (Lipinski definition) is 2. The van der Waals surface area contributed by atoms with Crippen LogP contribution in [0.5, 0.6) is 0 Å². The molecule has 2 rings (SSSR count). The van der Waals surface area contributed by atoms with Gasteiger partial charge in [-0.2, -0.15) is 0 Å². The van der Waals surface area contributed by atoms with Crippen LogP contribution in [-0.2, 0) is 4.79 Å². The lowest BCUT2D eigenvalue weighted by molar-refractivity contribution is -0.122. The molecule has 7 heteroatoms. The summed E-state index contributed by atoms with van der Waals surface area (Å²) in [7, 11) is 0. The lowest BCUT2D eigenvalue weighted by atomic mass is 9.97. The Morgan fingerprint density at radius 2 is 2.10 bits per heavy atom. The molecule has 0 radical (unpaired) electrons. The summed E-state index contributed by atoms with van der Waals surface area (Å²) in [6.45, 7) is 1.35. The zero-order valence-electron chi connectivity index (χ0n) is 10.7. The monoisotopic (exact) mass is 315 g/mol. The van der Waals surface area contributed by atoms with E-state index in [-0.39, 0.29) is 16.8 Å². The number of carbonyl (C=O) groups excluding carboxylic acids is 1. The normalized spacial score (nSPS) is 16.0. The topological polar surface area (TPSA) is 58.4 Å². The maximum atomic E-state index is 13.1. The van der Waals surface area contributed by atoms with Crippen LogP contribution in [0.3, 0.4) is 0 Å². The van der Waals surface area contributed by atoms with E-state index in [2.05, 4.69) is 5.32 Å². The molecule has 1 amide bonds. The quantitative estimate of drug-likeness (QED) is 0.823. The number of likely N-dealkylation sites (tertiary alicyclic amines) is 1. The van der Waals surface area contributed by atoms with E-state index >= 15 is 0 Å². The second-order valence-corrected chi connectivity index (χ2v) is 5.52. The number of primary amides is 1. The number of carbonyl (C=O) groups is 1. The summed E-state index contributed by atoms with van der Waals surface area (Å²) in [5.74, 6) is -0.798. The molecule has 1 aromatic carbocycles. The minimum absolute atomic E-state index is 0.0465. The van der Waals surface area contributed by atoms with Crippen LogP contribution in [0.25, 0.3) is 0 Å². The molecule has 4 nitrogen and oxygen atoms in total. The standard InChI is InChI=1S/C13H15ClFN3OS/c14-10-7-9(1-2-11(10)15)17-13(20)18-5-3-8(4-6-18)12(16)19/h1-2,7-8H,3-6H2,(H2,16,19)(H,17,20). The average molecular weight is 316 g/mol. The molecule has 0 spiro atoms. The third kappa shape index (κ3) is 3.58. The van der Waals surface area contributed by atoms with Crippen molar-refractivity contribution in [1.29, 1.82) is 0 Å². The van der Waals surface area contributed by atoms with Crippen LogP contribution < -0.4 is 11.1 Å². The molecule has 0 unspecified atom stereocenters. The fraction of sp³-hybridized carbons (Fsp3) is 0.385. The summed E-state index contributed by atoms with van der Waals surface area (Å²) in [5.41, 5.74) is 5.92. The van der Waals surface area contributed by atoms with Gasteiger partial charge in [-0.1, -0.05) is 11.6 Å². The minimum Gasteiger partial charge on any atom is -0.369 e. The van der Waals surface area contributed by atoms with Crippen molar-refractivity contribution in [3.05, 3.63) is 29.0 Å². The lowest BCUT2D eigenvalue weighted by Gasteiger charge is -2.32. The zero-order chi connectivity index (χ0) is 14.7. The van der Waals surface area contributed by atoms with Crippen LogP contribution in [0.15, 0.2) is 18.2 Å². The van der Waals surface area contributed by atoms with Gasteiger partial charge in [0.15, 0.2) is 5.11 Å². The second kappa shape index (κ2) is 6.37. The van der Waals surface area contributed by atoms with Crippen LogP contribution in [0.4, 0.5) is 10.1 Å². The van der Waals surface area contributed by atoms with Crippen molar-refractivity contribution < 1.29 is 9.18 Å². The second-order valence-electron chi connectivity index (χ2n) is 4.72. The molecule has 1 aliphatic heterocycles. The SMILES string of the molecule is NC(=O)C1CCN(C(=S)Nc2ccc(F)c(Cl)c2)CC1. The van der Waals surface area contributed by atoms with Gasteiger partial charge in [-0.05, 0) is 43.3 Å². The first-order valence-corrected chi connectivity index (χ1v) is 7.06. The maximum Gasteiger partial charge on any atom is 0.220 e. The van der Waals surface area contributed by atoms with Crippen LogP contribution >= 0.6 is 23.8 Å². The number of anilines is 1. The fourth-order valence-electron chi connectivity index (χ4n) is 2.14. The number of halogens is 2. The largest absolute Gasteiger partial charge is 0.369 e.